The third-order valence-electron chi connectivity index (χ3n) is 2.55. The summed E-state index contributed by atoms with van der Waals surface area (Å²) in [5.41, 5.74) is 0.162. The van der Waals surface area contributed by atoms with Gasteiger partial charge in [0, 0.05) is 5.92 Å². The largest absolute Gasteiger partial charge is 0.478 e. The molecule has 82 valence electrons. The number of rotatable bonds is 4. The predicted octanol–water partition coefficient (Wildman–Crippen LogP) is 2.61. The first-order valence-corrected chi connectivity index (χ1v) is 4.84. The fourth-order valence-electron chi connectivity index (χ4n) is 1.47. The highest BCUT2D eigenvalue weighted by Gasteiger charge is 2.25. The van der Waals surface area contributed by atoms with Gasteiger partial charge < -0.3 is 9.52 Å². The molecule has 1 heterocycles. The van der Waals surface area contributed by atoms with E-state index in [1.807, 2.05) is 13.8 Å². The second-order valence-corrected chi connectivity index (χ2v) is 3.54. The van der Waals surface area contributed by atoms with Crippen molar-refractivity contribution in [3.8, 4) is 0 Å². The van der Waals surface area contributed by atoms with Crippen LogP contribution in [-0.4, -0.2) is 17.4 Å². The van der Waals surface area contributed by atoms with Crippen LogP contribution in [-0.2, 0) is 0 Å². The smallest absolute Gasteiger partial charge is 0.340 e. The molecule has 0 aromatic carbocycles. The summed E-state index contributed by atoms with van der Waals surface area (Å²) in [6.45, 7) is 5.41. The molecule has 0 aliphatic carbocycles. The molecule has 1 atom stereocenters. The lowest BCUT2D eigenvalue weighted by atomic mass is 10.00. The standard InChI is InChI=1S/C11H14O4/c1-4-6(2)10-9(11(13)14)8(5-12)7(3)15-10/h5-6H,4H2,1-3H3,(H,13,14). The maximum Gasteiger partial charge on any atom is 0.340 e. The Hall–Kier alpha value is -1.58. The molecule has 1 unspecified atom stereocenters. The normalized spacial score (nSPS) is 12.5. The first-order valence-electron chi connectivity index (χ1n) is 4.84. The summed E-state index contributed by atoms with van der Waals surface area (Å²) in [7, 11) is 0. The minimum absolute atomic E-state index is 0.00324. The number of carboxylic acid groups (broad SMARTS) is 1. The number of hydrogen-bond acceptors (Lipinski definition) is 3. The van der Waals surface area contributed by atoms with E-state index in [2.05, 4.69) is 0 Å². The van der Waals surface area contributed by atoms with E-state index in [0.717, 1.165) is 6.42 Å². The first kappa shape index (κ1) is 11.5. The van der Waals surface area contributed by atoms with Gasteiger partial charge in [-0.05, 0) is 13.3 Å². The van der Waals surface area contributed by atoms with Crippen LogP contribution in [0.5, 0.6) is 0 Å². The summed E-state index contributed by atoms with van der Waals surface area (Å²) in [5.74, 6) is -0.338. The highest BCUT2D eigenvalue weighted by molar-refractivity contribution is 5.99. The van der Waals surface area contributed by atoms with Crippen molar-refractivity contribution >= 4 is 12.3 Å². The van der Waals surface area contributed by atoms with Gasteiger partial charge in [-0.3, -0.25) is 4.79 Å². The molecular formula is C11H14O4. The SMILES string of the molecule is CCC(C)c1oc(C)c(C=O)c1C(=O)O. The van der Waals surface area contributed by atoms with E-state index in [1.165, 1.54) is 0 Å². The van der Waals surface area contributed by atoms with Gasteiger partial charge in [0.05, 0.1) is 5.56 Å². The van der Waals surface area contributed by atoms with Crippen molar-refractivity contribution in [3.05, 3.63) is 22.6 Å². The number of hydrogen-bond donors (Lipinski definition) is 1. The zero-order valence-corrected chi connectivity index (χ0v) is 9.03. The van der Waals surface area contributed by atoms with E-state index >= 15 is 0 Å². The number of aromatic carboxylic acids is 1. The van der Waals surface area contributed by atoms with E-state index < -0.39 is 5.97 Å². The van der Waals surface area contributed by atoms with Gasteiger partial charge in [-0.25, -0.2) is 4.79 Å². The molecule has 0 aliphatic rings. The van der Waals surface area contributed by atoms with Gasteiger partial charge in [-0.2, -0.15) is 0 Å². The maximum atomic E-state index is 11.0. The number of carbonyl (C=O) groups is 2. The molecule has 0 saturated heterocycles. The van der Waals surface area contributed by atoms with Gasteiger partial charge in [-0.1, -0.05) is 13.8 Å². The van der Waals surface area contributed by atoms with E-state index in [9.17, 15) is 9.59 Å². The lowest BCUT2D eigenvalue weighted by Gasteiger charge is -2.05. The van der Waals surface area contributed by atoms with E-state index in [0.29, 0.717) is 17.8 Å². The molecule has 1 rings (SSSR count). The topological polar surface area (TPSA) is 67.5 Å². The molecule has 0 amide bonds. The summed E-state index contributed by atoms with van der Waals surface area (Å²) in [6.07, 6.45) is 1.31. The molecule has 0 saturated carbocycles. The average molecular weight is 210 g/mol. The molecule has 1 aromatic heterocycles. The highest BCUT2D eigenvalue weighted by atomic mass is 16.4. The number of carbonyl (C=O) groups excluding carboxylic acids is 1. The Morgan fingerprint density at radius 2 is 2.20 bits per heavy atom. The van der Waals surface area contributed by atoms with Crippen LogP contribution in [0.15, 0.2) is 4.42 Å². The van der Waals surface area contributed by atoms with Crippen LogP contribution in [0.4, 0.5) is 0 Å². The Balaban J connectivity index is 3.39. The lowest BCUT2D eigenvalue weighted by Crippen LogP contribution is -2.04. The number of furan rings is 1. The Morgan fingerprint density at radius 1 is 1.60 bits per heavy atom. The molecule has 0 aliphatic heterocycles. The zero-order chi connectivity index (χ0) is 11.6. The van der Waals surface area contributed by atoms with Crippen molar-refractivity contribution in [1.82, 2.24) is 0 Å². The molecule has 4 heteroatoms. The van der Waals surface area contributed by atoms with Crippen molar-refractivity contribution in [2.24, 2.45) is 0 Å². The Bertz CT molecular complexity index is 390. The lowest BCUT2D eigenvalue weighted by molar-refractivity contribution is 0.0691. The van der Waals surface area contributed by atoms with Gasteiger partial charge in [0.25, 0.3) is 0 Å². The van der Waals surface area contributed by atoms with Crippen molar-refractivity contribution in [3.63, 3.8) is 0 Å². The van der Waals surface area contributed by atoms with Gasteiger partial charge in [0.2, 0.25) is 0 Å². The predicted molar refractivity (Wildman–Crippen MR) is 54.5 cm³/mol. The van der Waals surface area contributed by atoms with Crippen LogP contribution in [0.2, 0.25) is 0 Å². The Kier molecular flexibility index (Phi) is 3.29. The van der Waals surface area contributed by atoms with Gasteiger partial charge >= 0.3 is 5.97 Å². The van der Waals surface area contributed by atoms with Crippen LogP contribution in [0.3, 0.4) is 0 Å². The molecule has 1 aromatic rings. The van der Waals surface area contributed by atoms with Gasteiger partial charge in [-0.15, -0.1) is 0 Å². The van der Waals surface area contributed by atoms with Crippen LogP contribution < -0.4 is 0 Å². The summed E-state index contributed by atoms with van der Waals surface area (Å²) >= 11 is 0. The van der Waals surface area contributed by atoms with Crippen molar-refractivity contribution < 1.29 is 19.1 Å². The second kappa shape index (κ2) is 4.29. The van der Waals surface area contributed by atoms with E-state index in [4.69, 9.17) is 9.52 Å². The van der Waals surface area contributed by atoms with Crippen LogP contribution >= 0.6 is 0 Å². The summed E-state index contributed by atoms with van der Waals surface area (Å²) in [6, 6.07) is 0. The molecule has 4 nitrogen and oxygen atoms in total. The molecule has 0 bridgehead atoms. The fraction of sp³-hybridized carbons (Fsp3) is 0.455. The molecule has 0 spiro atoms. The first-order chi connectivity index (χ1) is 7.02. The Labute approximate surface area is 87.9 Å². The molecule has 1 N–H and O–H groups in total. The van der Waals surface area contributed by atoms with Crippen molar-refractivity contribution in [2.75, 3.05) is 0 Å². The fourth-order valence-corrected chi connectivity index (χ4v) is 1.47. The minimum Gasteiger partial charge on any atom is -0.478 e. The number of carboxylic acids is 1. The quantitative estimate of drug-likeness (QED) is 0.775. The van der Waals surface area contributed by atoms with Crippen LogP contribution in [0.25, 0.3) is 0 Å². The third kappa shape index (κ3) is 1.93. The number of aryl methyl sites for hydroxylation is 1. The third-order valence-corrected chi connectivity index (χ3v) is 2.55. The minimum atomic E-state index is -1.11. The van der Waals surface area contributed by atoms with Crippen molar-refractivity contribution in [2.45, 2.75) is 33.1 Å². The zero-order valence-electron chi connectivity index (χ0n) is 9.03. The van der Waals surface area contributed by atoms with E-state index in [1.54, 1.807) is 6.92 Å². The molecule has 15 heavy (non-hydrogen) atoms. The van der Waals surface area contributed by atoms with Crippen molar-refractivity contribution in [1.29, 1.82) is 0 Å². The average Bonchev–Trinajstić information content (AvgIpc) is 2.53. The van der Waals surface area contributed by atoms with Gasteiger partial charge in [0.15, 0.2) is 6.29 Å². The highest BCUT2D eigenvalue weighted by Crippen LogP contribution is 2.29. The summed E-state index contributed by atoms with van der Waals surface area (Å²) in [4.78, 5) is 21.8. The molecule has 0 fully saturated rings. The number of aldehydes is 1. The van der Waals surface area contributed by atoms with Crippen LogP contribution in [0.1, 0.15) is 58.4 Å². The van der Waals surface area contributed by atoms with Gasteiger partial charge in [0.1, 0.15) is 17.1 Å². The monoisotopic (exact) mass is 210 g/mol. The Morgan fingerprint density at radius 3 is 2.60 bits per heavy atom. The summed E-state index contributed by atoms with van der Waals surface area (Å²) in [5, 5.41) is 9.02. The second-order valence-electron chi connectivity index (χ2n) is 3.54. The maximum absolute atomic E-state index is 11.0. The molecule has 0 radical (unpaired) electrons. The van der Waals surface area contributed by atoms with E-state index in [-0.39, 0.29) is 17.0 Å². The molecular weight excluding hydrogens is 196 g/mol. The summed E-state index contributed by atoms with van der Waals surface area (Å²) < 4.78 is 5.34. The van der Waals surface area contributed by atoms with Crippen LogP contribution in [0, 0.1) is 6.92 Å².